The van der Waals surface area contributed by atoms with Gasteiger partial charge in [-0.05, 0) is 54.6 Å². The molecule has 0 bridgehead atoms. The molecule has 0 aliphatic rings. The van der Waals surface area contributed by atoms with Gasteiger partial charge in [-0.15, -0.1) is 0 Å². The van der Waals surface area contributed by atoms with E-state index in [-0.39, 0.29) is 10.8 Å². The number of hydrogen-bond acceptors (Lipinski definition) is 4. The van der Waals surface area contributed by atoms with Crippen molar-refractivity contribution in [3.8, 4) is 0 Å². The average molecular weight is 395 g/mol. The van der Waals surface area contributed by atoms with Gasteiger partial charge in [-0.2, -0.15) is 0 Å². The maximum Gasteiger partial charge on any atom is 0.255 e. The van der Waals surface area contributed by atoms with Gasteiger partial charge in [-0.1, -0.05) is 24.3 Å². The predicted molar refractivity (Wildman–Crippen MR) is 107 cm³/mol. The average Bonchev–Trinajstić information content (AvgIpc) is 2.68. The lowest BCUT2D eigenvalue weighted by atomic mass is 10.1. The van der Waals surface area contributed by atoms with Gasteiger partial charge >= 0.3 is 0 Å². The van der Waals surface area contributed by atoms with E-state index in [0.29, 0.717) is 22.5 Å². The topological polar surface area (TPSA) is 118 Å². The van der Waals surface area contributed by atoms with E-state index in [1.54, 1.807) is 48.5 Å². The summed E-state index contributed by atoms with van der Waals surface area (Å²) in [5.41, 5.74) is 1.73. The molecule has 3 rings (SSSR count). The van der Waals surface area contributed by atoms with Gasteiger partial charge in [0.05, 0.1) is 4.90 Å². The highest BCUT2D eigenvalue weighted by atomic mass is 32.2. The number of nitrogens with two attached hydrogens (primary N) is 1. The molecule has 142 valence electrons. The highest BCUT2D eigenvalue weighted by molar-refractivity contribution is 7.89. The number of nitrogens with one attached hydrogen (secondary N) is 2. The second kappa shape index (κ2) is 8.03. The lowest BCUT2D eigenvalue weighted by molar-refractivity contribution is 0.101. The lowest BCUT2D eigenvalue weighted by Gasteiger charge is -2.09. The molecule has 0 aliphatic carbocycles. The van der Waals surface area contributed by atoms with E-state index in [1.807, 2.05) is 6.07 Å². The van der Waals surface area contributed by atoms with Gasteiger partial charge in [0.2, 0.25) is 10.0 Å². The Morgan fingerprint density at radius 2 is 1.25 bits per heavy atom. The van der Waals surface area contributed by atoms with Gasteiger partial charge in [-0.3, -0.25) is 9.59 Å². The second-order valence-electron chi connectivity index (χ2n) is 5.92. The van der Waals surface area contributed by atoms with E-state index >= 15 is 0 Å². The number of rotatable bonds is 5. The first-order chi connectivity index (χ1) is 13.3. The van der Waals surface area contributed by atoms with Gasteiger partial charge < -0.3 is 10.6 Å². The number of primary sulfonamides is 1. The fraction of sp³-hybridized carbons (Fsp3) is 0. The summed E-state index contributed by atoms with van der Waals surface area (Å²) >= 11 is 0. The number of hydrogen-bond donors (Lipinski definition) is 3. The molecule has 0 aromatic heterocycles. The molecule has 0 heterocycles. The zero-order chi connectivity index (χ0) is 20.1. The summed E-state index contributed by atoms with van der Waals surface area (Å²) in [6.07, 6.45) is 0. The highest BCUT2D eigenvalue weighted by Crippen LogP contribution is 2.16. The summed E-state index contributed by atoms with van der Waals surface area (Å²) in [7, 11) is -3.79. The van der Waals surface area contributed by atoms with Crippen LogP contribution in [-0.2, 0) is 10.0 Å². The molecule has 4 N–H and O–H groups in total. The molecule has 0 spiro atoms. The predicted octanol–water partition coefficient (Wildman–Crippen LogP) is 2.84. The molecule has 0 atom stereocenters. The third kappa shape index (κ3) is 4.81. The van der Waals surface area contributed by atoms with E-state index < -0.39 is 15.9 Å². The van der Waals surface area contributed by atoms with E-state index in [9.17, 15) is 18.0 Å². The SMILES string of the molecule is NS(=O)(=O)c1ccc(NC(=O)c2cccc(NC(=O)c3ccccc3)c2)cc1. The third-order valence-electron chi connectivity index (χ3n) is 3.86. The molecule has 0 unspecified atom stereocenters. The van der Waals surface area contributed by atoms with E-state index in [0.717, 1.165) is 0 Å². The van der Waals surface area contributed by atoms with Crippen molar-refractivity contribution in [2.75, 3.05) is 10.6 Å². The molecular formula is C20H17N3O4S. The fourth-order valence-corrected chi connectivity index (χ4v) is 2.98. The van der Waals surface area contributed by atoms with Gasteiger partial charge in [0.25, 0.3) is 11.8 Å². The van der Waals surface area contributed by atoms with Crippen molar-refractivity contribution >= 4 is 33.2 Å². The number of amides is 2. The largest absolute Gasteiger partial charge is 0.322 e. The molecule has 2 amide bonds. The quantitative estimate of drug-likeness (QED) is 0.615. The van der Waals surface area contributed by atoms with Crippen LogP contribution in [0.25, 0.3) is 0 Å². The molecule has 3 aromatic rings. The summed E-state index contributed by atoms with van der Waals surface area (Å²) in [5, 5.41) is 10.5. The Morgan fingerprint density at radius 3 is 1.89 bits per heavy atom. The lowest BCUT2D eigenvalue weighted by Crippen LogP contribution is -2.15. The van der Waals surface area contributed by atoms with Crippen molar-refractivity contribution < 1.29 is 18.0 Å². The number of anilines is 2. The van der Waals surface area contributed by atoms with Crippen LogP contribution in [0.1, 0.15) is 20.7 Å². The summed E-state index contributed by atoms with van der Waals surface area (Å²) < 4.78 is 22.5. The Hall–Kier alpha value is -3.49. The van der Waals surface area contributed by atoms with Crippen LogP contribution in [0, 0.1) is 0 Å². The van der Waals surface area contributed by atoms with Crippen molar-refractivity contribution in [3.63, 3.8) is 0 Å². The maximum atomic E-state index is 12.4. The summed E-state index contributed by atoms with van der Waals surface area (Å²) in [6.45, 7) is 0. The maximum absolute atomic E-state index is 12.4. The first kappa shape index (κ1) is 19.3. The standard InChI is InChI=1S/C20H17N3O4S/c21-28(26,27)18-11-9-16(10-12-18)22-20(25)15-7-4-8-17(13-15)23-19(24)14-5-2-1-3-6-14/h1-13H,(H,22,25)(H,23,24)(H2,21,26,27). The molecule has 7 nitrogen and oxygen atoms in total. The minimum absolute atomic E-state index is 0.0453. The Labute approximate surface area is 162 Å². The van der Waals surface area contributed by atoms with Crippen molar-refractivity contribution in [1.29, 1.82) is 0 Å². The van der Waals surface area contributed by atoms with Gasteiger partial charge in [0.1, 0.15) is 0 Å². The Bertz CT molecular complexity index is 1110. The van der Waals surface area contributed by atoms with E-state index in [4.69, 9.17) is 5.14 Å². The first-order valence-electron chi connectivity index (χ1n) is 8.23. The molecule has 8 heteroatoms. The molecule has 0 radical (unpaired) electrons. The van der Waals surface area contributed by atoms with Crippen LogP contribution in [0.5, 0.6) is 0 Å². The molecule has 28 heavy (non-hydrogen) atoms. The number of carbonyl (C=O) groups excluding carboxylic acids is 2. The molecule has 3 aromatic carbocycles. The van der Waals surface area contributed by atoms with Crippen molar-refractivity contribution in [2.24, 2.45) is 5.14 Å². The van der Waals surface area contributed by atoms with Gasteiger partial charge in [0, 0.05) is 22.5 Å². The van der Waals surface area contributed by atoms with Crippen LogP contribution in [0.3, 0.4) is 0 Å². The molecular weight excluding hydrogens is 378 g/mol. The fourth-order valence-electron chi connectivity index (χ4n) is 2.46. The van der Waals surface area contributed by atoms with Crippen LogP contribution in [0.2, 0.25) is 0 Å². The number of benzene rings is 3. The Balaban J connectivity index is 1.71. The second-order valence-corrected chi connectivity index (χ2v) is 7.49. The first-order valence-corrected chi connectivity index (χ1v) is 9.78. The third-order valence-corrected chi connectivity index (χ3v) is 4.79. The Morgan fingerprint density at radius 1 is 0.679 bits per heavy atom. The zero-order valence-electron chi connectivity index (χ0n) is 14.6. The number of sulfonamides is 1. The van der Waals surface area contributed by atoms with Crippen LogP contribution in [0.4, 0.5) is 11.4 Å². The zero-order valence-corrected chi connectivity index (χ0v) is 15.4. The highest BCUT2D eigenvalue weighted by Gasteiger charge is 2.11. The molecule has 0 fully saturated rings. The van der Waals surface area contributed by atoms with Crippen molar-refractivity contribution in [3.05, 3.63) is 90.0 Å². The minimum atomic E-state index is -3.79. The van der Waals surface area contributed by atoms with Crippen LogP contribution < -0.4 is 15.8 Å². The van der Waals surface area contributed by atoms with E-state index in [1.165, 1.54) is 24.3 Å². The minimum Gasteiger partial charge on any atom is -0.322 e. The van der Waals surface area contributed by atoms with Crippen molar-refractivity contribution in [2.45, 2.75) is 4.90 Å². The molecule has 0 aliphatic heterocycles. The van der Waals surface area contributed by atoms with Gasteiger partial charge in [0.15, 0.2) is 0 Å². The van der Waals surface area contributed by atoms with Crippen LogP contribution in [0.15, 0.2) is 83.8 Å². The monoisotopic (exact) mass is 395 g/mol. The van der Waals surface area contributed by atoms with Gasteiger partial charge in [-0.25, -0.2) is 13.6 Å². The van der Waals surface area contributed by atoms with E-state index in [2.05, 4.69) is 10.6 Å². The van der Waals surface area contributed by atoms with Crippen LogP contribution in [-0.4, -0.2) is 20.2 Å². The summed E-state index contributed by atoms with van der Waals surface area (Å²) in [5.74, 6) is -0.684. The normalized spacial score (nSPS) is 10.9. The van der Waals surface area contributed by atoms with Crippen LogP contribution >= 0.6 is 0 Å². The molecule has 0 saturated heterocycles. The molecule has 0 saturated carbocycles. The smallest absolute Gasteiger partial charge is 0.255 e. The van der Waals surface area contributed by atoms with Crippen molar-refractivity contribution in [1.82, 2.24) is 0 Å². The summed E-state index contributed by atoms with van der Waals surface area (Å²) in [6, 6.07) is 20.7. The Kier molecular flexibility index (Phi) is 5.53. The summed E-state index contributed by atoms with van der Waals surface area (Å²) in [4.78, 5) is 24.6. The number of carbonyl (C=O) groups is 2.